The van der Waals surface area contributed by atoms with Crippen molar-refractivity contribution in [2.24, 2.45) is 0 Å². The molecule has 2 rings (SSSR count). The van der Waals surface area contributed by atoms with Crippen molar-refractivity contribution >= 4 is 22.1 Å². The summed E-state index contributed by atoms with van der Waals surface area (Å²) < 4.78 is 32.5. The Labute approximate surface area is 151 Å². The van der Waals surface area contributed by atoms with Crippen LogP contribution >= 0.6 is 0 Å². The molecule has 27 heavy (non-hydrogen) atoms. The Kier molecular flexibility index (Phi) is 6.45. The fourth-order valence-electron chi connectivity index (χ4n) is 1.82. The monoisotopic (exact) mass is 402 g/mol. The van der Waals surface area contributed by atoms with Gasteiger partial charge in [-0.2, -0.15) is 22.8 Å². The largest absolute Gasteiger partial charge is 0.481 e. The van der Waals surface area contributed by atoms with Gasteiger partial charge in [-0.05, 0) is 0 Å². The second-order valence-corrected chi connectivity index (χ2v) is 6.49. The van der Waals surface area contributed by atoms with Crippen molar-refractivity contribution in [3.05, 3.63) is 24.5 Å². The number of aliphatic carboxylic acids is 2. The van der Waals surface area contributed by atoms with Gasteiger partial charge in [-0.3, -0.25) is 14.6 Å². The van der Waals surface area contributed by atoms with Crippen LogP contribution < -0.4 is 9.44 Å². The van der Waals surface area contributed by atoms with E-state index in [1.54, 1.807) is 4.72 Å². The van der Waals surface area contributed by atoms with E-state index in [-0.39, 0.29) is 17.4 Å². The van der Waals surface area contributed by atoms with Crippen LogP contribution in [-0.4, -0.2) is 68.4 Å². The number of nitrogens with one attached hydrogen (secondary N) is 2. The summed E-state index contributed by atoms with van der Waals surface area (Å²) >= 11 is 0. The molecule has 14 nitrogen and oxygen atoms in total. The standard InChI is InChI=1S/C12H14N6O8S/c19-5-8(12(22)23)18-27(24,25)17-6(3-9(20)21)11-15-10(16-26-11)7-4-13-1-2-14-7/h1-2,4,6,8,17-19H,3,5H2,(H,20,21)(H,22,23)/t6-,8-/m0/s1. The molecule has 0 aliphatic heterocycles. The number of carboxylic acids is 2. The van der Waals surface area contributed by atoms with E-state index >= 15 is 0 Å². The number of aromatic nitrogens is 4. The van der Waals surface area contributed by atoms with Crippen molar-refractivity contribution in [1.29, 1.82) is 0 Å². The molecule has 0 fully saturated rings. The highest BCUT2D eigenvalue weighted by molar-refractivity contribution is 7.87. The van der Waals surface area contributed by atoms with E-state index in [4.69, 9.17) is 19.8 Å². The smallest absolute Gasteiger partial charge is 0.324 e. The molecule has 5 N–H and O–H groups in total. The number of carboxylic acid groups (broad SMARTS) is 2. The lowest BCUT2D eigenvalue weighted by Crippen LogP contribution is -2.49. The third-order valence-corrected chi connectivity index (χ3v) is 4.18. The summed E-state index contributed by atoms with van der Waals surface area (Å²) in [5.41, 5.74) is 0.203. The molecule has 146 valence electrons. The van der Waals surface area contributed by atoms with Crippen molar-refractivity contribution in [3.63, 3.8) is 0 Å². The summed E-state index contributed by atoms with van der Waals surface area (Å²) in [6.07, 6.45) is 3.29. The molecule has 0 saturated carbocycles. The van der Waals surface area contributed by atoms with E-state index < -0.39 is 47.3 Å². The maximum absolute atomic E-state index is 12.0. The van der Waals surface area contributed by atoms with Gasteiger partial charge >= 0.3 is 11.9 Å². The van der Waals surface area contributed by atoms with Crippen LogP contribution in [0.1, 0.15) is 18.4 Å². The lowest BCUT2D eigenvalue weighted by atomic mass is 10.2. The summed E-state index contributed by atoms with van der Waals surface area (Å²) in [7, 11) is -4.55. The zero-order valence-electron chi connectivity index (χ0n) is 13.4. The second kappa shape index (κ2) is 8.58. The molecule has 0 amide bonds. The van der Waals surface area contributed by atoms with E-state index in [1.807, 2.05) is 4.72 Å². The normalized spacial score (nSPS) is 13.8. The number of carbonyl (C=O) groups is 2. The van der Waals surface area contributed by atoms with E-state index in [9.17, 15) is 18.0 Å². The number of aliphatic hydroxyl groups is 1. The van der Waals surface area contributed by atoms with Gasteiger partial charge in [0.2, 0.25) is 11.7 Å². The van der Waals surface area contributed by atoms with Crippen molar-refractivity contribution in [2.45, 2.75) is 18.5 Å². The molecule has 0 aliphatic rings. The number of nitrogens with zero attached hydrogens (tertiary/aromatic N) is 4. The van der Waals surface area contributed by atoms with Gasteiger partial charge in [-0.25, -0.2) is 4.98 Å². The van der Waals surface area contributed by atoms with Crippen LogP contribution in [-0.2, 0) is 19.8 Å². The highest BCUT2D eigenvalue weighted by Gasteiger charge is 2.30. The molecule has 0 aromatic carbocycles. The van der Waals surface area contributed by atoms with Gasteiger partial charge in [0, 0.05) is 12.4 Å². The summed E-state index contributed by atoms with van der Waals surface area (Å²) in [6, 6.07) is -3.34. The van der Waals surface area contributed by atoms with Crippen molar-refractivity contribution < 1.29 is 37.8 Å². The van der Waals surface area contributed by atoms with Gasteiger partial charge in [0.25, 0.3) is 10.2 Å². The Bertz CT molecular complexity index is 902. The predicted molar refractivity (Wildman–Crippen MR) is 84.0 cm³/mol. The lowest BCUT2D eigenvalue weighted by Gasteiger charge is -2.16. The van der Waals surface area contributed by atoms with Crippen molar-refractivity contribution in [2.75, 3.05) is 6.61 Å². The molecule has 2 aromatic heterocycles. The van der Waals surface area contributed by atoms with Crippen LogP contribution in [0.4, 0.5) is 0 Å². The number of hydrogen-bond acceptors (Lipinski definition) is 10. The molecule has 2 heterocycles. The maximum Gasteiger partial charge on any atom is 0.324 e. The van der Waals surface area contributed by atoms with Gasteiger partial charge in [-0.1, -0.05) is 5.16 Å². The Hall–Kier alpha value is -3.01. The first-order valence-electron chi connectivity index (χ1n) is 7.17. The van der Waals surface area contributed by atoms with Gasteiger partial charge < -0.3 is 19.8 Å². The van der Waals surface area contributed by atoms with Crippen molar-refractivity contribution in [3.8, 4) is 11.5 Å². The predicted octanol–water partition coefficient (Wildman–Crippen LogP) is -2.09. The minimum Gasteiger partial charge on any atom is -0.481 e. The van der Waals surface area contributed by atoms with E-state index in [0.29, 0.717) is 0 Å². The van der Waals surface area contributed by atoms with Crippen LogP contribution in [0.3, 0.4) is 0 Å². The molecule has 0 spiro atoms. The highest BCUT2D eigenvalue weighted by Crippen LogP contribution is 2.19. The van der Waals surface area contributed by atoms with Gasteiger partial charge in [0.15, 0.2) is 0 Å². The lowest BCUT2D eigenvalue weighted by molar-refractivity contribution is -0.140. The van der Waals surface area contributed by atoms with Gasteiger partial charge in [0.1, 0.15) is 17.8 Å². The zero-order chi connectivity index (χ0) is 20.0. The zero-order valence-corrected chi connectivity index (χ0v) is 14.2. The minimum atomic E-state index is -4.55. The first kappa shape index (κ1) is 20.3. The quantitative estimate of drug-likeness (QED) is 0.289. The molecule has 2 atom stereocenters. The van der Waals surface area contributed by atoms with Gasteiger partial charge in [0.05, 0.1) is 19.2 Å². The van der Waals surface area contributed by atoms with Crippen LogP contribution in [0.2, 0.25) is 0 Å². The Morgan fingerprint density at radius 1 is 1.22 bits per heavy atom. The van der Waals surface area contributed by atoms with E-state index in [2.05, 4.69) is 20.1 Å². The second-order valence-electron chi connectivity index (χ2n) is 5.01. The highest BCUT2D eigenvalue weighted by atomic mass is 32.2. The average Bonchev–Trinajstić information content (AvgIpc) is 3.09. The molecule has 2 aromatic rings. The molecule has 15 heteroatoms. The summed E-state index contributed by atoms with van der Waals surface area (Å²) in [5.74, 6) is -3.46. The van der Waals surface area contributed by atoms with E-state index in [1.165, 1.54) is 18.6 Å². The topological polar surface area (TPSA) is 218 Å². The summed E-state index contributed by atoms with van der Waals surface area (Å²) in [5, 5.41) is 30.3. The number of hydrogen-bond donors (Lipinski definition) is 5. The van der Waals surface area contributed by atoms with Crippen LogP contribution in [0.15, 0.2) is 23.1 Å². The Balaban J connectivity index is 2.24. The number of rotatable bonds is 10. The minimum absolute atomic E-state index is 0.0561. The third-order valence-electron chi connectivity index (χ3n) is 2.99. The first-order valence-corrected chi connectivity index (χ1v) is 8.65. The van der Waals surface area contributed by atoms with E-state index in [0.717, 1.165) is 0 Å². The summed E-state index contributed by atoms with van der Waals surface area (Å²) in [4.78, 5) is 33.5. The average molecular weight is 402 g/mol. The molecule has 0 saturated heterocycles. The maximum atomic E-state index is 12.0. The molecule has 0 radical (unpaired) electrons. The molecular weight excluding hydrogens is 388 g/mol. The van der Waals surface area contributed by atoms with Crippen LogP contribution in [0.5, 0.6) is 0 Å². The molecular formula is C12H14N6O8S. The molecule has 0 bridgehead atoms. The van der Waals surface area contributed by atoms with Crippen LogP contribution in [0, 0.1) is 0 Å². The van der Waals surface area contributed by atoms with Gasteiger partial charge in [-0.15, -0.1) is 0 Å². The summed E-state index contributed by atoms with van der Waals surface area (Å²) in [6.45, 7) is -1.02. The molecule has 0 aliphatic carbocycles. The Morgan fingerprint density at radius 2 is 1.96 bits per heavy atom. The fourth-order valence-corrected chi connectivity index (χ4v) is 3.00. The fraction of sp³-hybridized carbons (Fsp3) is 0.333. The Morgan fingerprint density at radius 3 is 2.52 bits per heavy atom. The SMILES string of the molecule is O=C(O)C[C@H](NS(=O)(=O)N[C@@H](CO)C(=O)O)c1nc(-c2cnccn2)no1. The number of aliphatic hydroxyl groups excluding tert-OH is 1. The third kappa shape index (κ3) is 5.74. The van der Waals surface area contributed by atoms with Crippen molar-refractivity contribution in [1.82, 2.24) is 29.6 Å². The molecule has 0 unspecified atom stereocenters. The first-order chi connectivity index (χ1) is 12.7. The van der Waals surface area contributed by atoms with Crippen LogP contribution in [0.25, 0.3) is 11.5 Å².